The molecule has 0 aromatic heterocycles. The summed E-state index contributed by atoms with van der Waals surface area (Å²) in [5, 5.41) is 5.51. The first-order valence-corrected chi connectivity index (χ1v) is 8.05. The highest BCUT2D eigenvalue weighted by atomic mass is 16.2. The molecule has 1 aromatic carbocycles. The van der Waals surface area contributed by atoms with E-state index >= 15 is 0 Å². The Morgan fingerprint density at radius 1 is 1.05 bits per heavy atom. The van der Waals surface area contributed by atoms with Gasteiger partial charge in [-0.15, -0.1) is 0 Å². The maximum Gasteiger partial charge on any atom is 0.309 e. The third-order valence-corrected chi connectivity index (χ3v) is 4.08. The lowest BCUT2D eigenvalue weighted by molar-refractivity contribution is -0.139. The summed E-state index contributed by atoms with van der Waals surface area (Å²) in [7, 11) is 0. The van der Waals surface area contributed by atoms with Gasteiger partial charge in [-0.05, 0) is 24.0 Å². The summed E-state index contributed by atoms with van der Waals surface area (Å²) in [5.41, 5.74) is 7.54. The Kier molecular flexibility index (Phi) is 6.40. The molecular formula is C17H25N3O2. The van der Waals surface area contributed by atoms with E-state index in [2.05, 4.69) is 10.6 Å². The quantitative estimate of drug-likeness (QED) is 0.583. The average molecular weight is 303 g/mol. The second-order valence-electron chi connectivity index (χ2n) is 5.87. The molecule has 2 rings (SSSR count). The number of rotatable bonds is 4. The van der Waals surface area contributed by atoms with Crippen molar-refractivity contribution in [2.75, 3.05) is 0 Å². The first-order valence-electron chi connectivity index (χ1n) is 8.05. The van der Waals surface area contributed by atoms with Crippen LogP contribution in [0, 0.1) is 0 Å². The number of hydrogen-bond acceptors (Lipinski definition) is 3. The molecule has 0 unspecified atom stereocenters. The van der Waals surface area contributed by atoms with Crippen LogP contribution in [-0.4, -0.2) is 17.9 Å². The van der Waals surface area contributed by atoms with Crippen LogP contribution in [0.25, 0.3) is 0 Å². The smallest absolute Gasteiger partial charge is 0.309 e. The van der Waals surface area contributed by atoms with Crippen molar-refractivity contribution in [1.82, 2.24) is 10.6 Å². The Balaban J connectivity index is 1.79. The van der Waals surface area contributed by atoms with Gasteiger partial charge in [-0.25, -0.2) is 0 Å². The molecule has 1 saturated carbocycles. The van der Waals surface area contributed by atoms with Crippen LogP contribution in [0.3, 0.4) is 0 Å². The van der Waals surface area contributed by atoms with E-state index in [9.17, 15) is 9.59 Å². The van der Waals surface area contributed by atoms with Gasteiger partial charge in [-0.3, -0.25) is 9.59 Å². The van der Waals surface area contributed by atoms with Crippen LogP contribution >= 0.6 is 0 Å². The third kappa shape index (κ3) is 5.15. The fourth-order valence-corrected chi connectivity index (χ4v) is 2.80. The van der Waals surface area contributed by atoms with Crippen molar-refractivity contribution >= 4 is 11.8 Å². The highest BCUT2D eigenvalue weighted by Gasteiger charge is 2.19. The zero-order valence-corrected chi connectivity index (χ0v) is 12.9. The molecular weight excluding hydrogens is 278 g/mol. The van der Waals surface area contributed by atoms with E-state index in [1.54, 1.807) is 0 Å². The van der Waals surface area contributed by atoms with Gasteiger partial charge in [-0.2, -0.15) is 0 Å². The monoisotopic (exact) mass is 303 g/mol. The normalized spacial score (nSPS) is 15.9. The second-order valence-corrected chi connectivity index (χ2v) is 5.87. The van der Waals surface area contributed by atoms with Crippen LogP contribution in [0.15, 0.2) is 24.3 Å². The Morgan fingerprint density at radius 2 is 1.73 bits per heavy atom. The van der Waals surface area contributed by atoms with Crippen LogP contribution in [0.2, 0.25) is 0 Å². The summed E-state index contributed by atoms with van der Waals surface area (Å²) >= 11 is 0. The lowest BCUT2D eigenvalue weighted by atomic mass is 10.1. The summed E-state index contributed by atoms with van der Waals surface area (Å²) in [6.45, 7) is 0.800. The Hall–Kier alpha value is -1.88. The van der Waals surface area contributed by atoms with E-state index in [4.69, 9.17) is 5.73 Å². The van der Waals surface area contributed by atoms with Gasteiger partial charge >= 0.3 is 11.8 Å². The van der Waals surface area contributed by atoms with Crippen LogP contribution in [0.1, 0.15) is 49.7 Å². The molecule has 4 N–H and O–H groups in total. The van der Waals surface area contributed by atoms with Crippen LogP contribution in [0.5, 0.6) is 0 Å². The third-order valence-electron chi connectivity index (χ3n) is 4.08. The van der Waals surface area contributed by atoms with Crippen molar-refractivity contribution < 1.29 is 9.59 Å². The van der Waals surface area contributed by atoms with Gasteiger partial charge in [-0.1, -0.05) is 49.9 Å². The molecule has 1 aromatic rings. The van der Waals surface area contributed by atoms with Crippen LogP contribution in [0.4, 0.5) is 0 Å². The summed E-state index contributed by atoms with van der Waals surface area (Å²) < 4.78 is 0. The highest BCUT2D eigenvalue weighted by molar-refractivity contribution is 6.35. The van der Waals surface area contributed by atoms with E-state index < -0.39 is 11.8 Å². The molecule has 22 heavy (non-hydrogen) atoms. The van der Waals surface area contributed by atoms with Gasteiger partial charge < -0.3 is 16.4 Å². The number of amides is 2. The van der Waals surface area contributed by atoms with Gasteiger partial charge in [0.15, 0.2) is 0 Å². The van der Waals surface area contributed by atoms with Crippen molar-refractivity contribution in [2.24, 2.45) is 5.73 Å². The number of nitrogens with two attached hydrogens (primary N) is 1. The van der Waals surface area contributed by atoms with Gasteiger partial charge in [0.05, 0.1) is 0 Å². The minimum atomic E-state index is -0.567. The molecule has 0 heterocycles. The molecule has 1 aliphatic carbocycles. The second kappa shape index (κ2) is 8.54. The number of nitrogens with one attached hydrogen (secondary N) is 2. The first-order chi connectivity index (χ1) is 10.7. The van der Waals surface area contributed by atoms with Crippen molar-refractivity contribution in [3.63, 3.8) is 0 Å². The topological polar surface area (TPSA) is 84.2 Å². The standard InChI is InChI=1S/C17H25N3O2/c18-11-13-6-5-7-14(10-13)12-19-16(21)17(22)20-15-8-3-1-2-4-9-15/h5-7,10,15H,1-4,8-9,11-12,18H2,(H,19,21)(H,20,22). The van der Waals surface area contributed by atoms with E-state index in [0.29, 0.717) is 13.1 Å². The molecule has 0 saturated heterocycles. The number of benzene rings is 1. The van der Waals surface area contributed by atoms with E-state index in [0.717, 1.165) is 36.8 Å². The van der Waals surface area contributed by atoms with Crippen LogP contribution in [-0.2, 0) is 22.7 Å². The molecule has 1 aliphatic rings. The molecule has 120 valence electrons. The minimum Gasteiger partial charge on any atom is -0.345 e. The van der Waals surface area contributed by atoms with Crippen molar-refractivity contribution in [1.29, 1.82) is 0 Å². The van der Waals surface area contributed by atoms with Crippen molar-refractivity contribution in [3.8, 4) is 0 Å². The molecule has 2 amide bonds. The SMILES string of the molecule is NCc1cccc(CNC(=O)C(=O)NC2CCCCCC2)c1. The molecule has 1 fully saturated rings. The predicted molar refractivity (Wildman–Crippen MR) is 85.8 cm³/mol. The van der Waals surface area contributed by atoms with Crippen molar-refractivity contribution in [2.45, 2.75) is 57.7 Å². The van der Waals surface area contributed by atoms with E-state index in [1.165, 1.54) is 12.8 Å². The highest BCUT2D eigenvalue weighted by Crippen LogP contribution is 2.17. The zero-order chi connectivity index (χ0) is 15.8. The number of carbonyl (C=O) groups excluding carboxylic acids is 2. The van der Waals surface area contributed by atoms with Gasteiger partial charge in [0.1, 0.15) is 0 Å². The van der Waals surface area contributed by atoms with E-state index in [1.807, 2.05) is 24.3 Å². The van der Waals surface area contributed by atoms with E-state index in [-0.39, 0.29) is 6.04 Å². The summed E-state index contributed by atoms with van der Waals surface area (Å²) in [6.07, 6.45) is 6.62. The summed E-state index contributed by atoms with van der Waals surface area (Å²) in [5.74, 6) is -1.09. The lowest BCUT2D eigenvalue weighted by Gasteiger charge is -2.15. The zero-order valence-electron chi connectivity index (χ0n) is 12.9. The van der Waals surface area contributed by atoms with Crippen molar-refractivity contribution in [3.05, 3.63) is 35.4 Å². The maximum absolute atomic E-state index is 11.9. The Morgan fingerprint density at radius 3 is 2.41 bits per heavy atom. The molecule has 0 atom stereocenters. The summed E-state index contributed by atoms with van der Waals surface area (Å²) in [6, 6.07) is 7.81. The average Bonchev–Trinajstić information content (AvgIpc) is 2.81. The van der Waals surface area contributed by atoms with Gasteiger partial charge in [0, 0.05) is 19.1 Å². The maximum atomic E-state index is 11.9. The number of carbonyl (C=O) groups is 2. The predicted octanol–water partition coefficient (Wildman–Crippen LogP) is 1.60. The largest absolute Gasteiger partial charge is 0.345 e. The van der Waals surface area contributed by atoms with Crippen LogP contribution < -0.4 is 16.4 Å². The number of hydrogen-bond donors (Lipinski definition) is 3. The fourth-order valence-electron chi connectivity index (χ4n) is 2.80. The molecule has 0 radical (unpaired) electrons. The molecule has 5 heteroatoms. The Labute approximate surface area is 131 Å². The molecule has 0 bridgehead atoms. The fraction of sp³-hybridized carbons (Fsp3) is 0.529. The first kappa shape index (κ1) is 16.5. The molecule has 0 aliphatic heterocycles. The van der Waals surface area contributed by atoms with Gasteiger partial charge in [0.2, 0.25) is 0 Å². The summed E-state index contributed by atoms with van der Waals surface area (Å²) in [4.78, 5) is 23.8. The molecule has 0 spiro atoms. The molecule has 5 nitrogen and oxygen atoms in total. The minimum absolute atomic E-state index is 0.140. The Bertz CT molecular complexity index is 508. The lowest BCUT2D eigenvalue weighted by Crippen LogP contribution is -2.44. The van der Waals surface area contributed by atoms with Gasteiger partial charge in [0.25, 0.3) is 0 Å².